The summed E-state index contributed by atoms with van der Waals surface area (Å²) in [6.07, 6.45) is 0.767. The van der Waals surface area contributed by atoms with Gasteiger partial charge in [-0.15, -0.1) is 5.10 Å². The van der Waals surface area contributed by atoms with Gasteiger partial charge in [0, 0.05) is 18.2 Å². The molecule has 0 bridgehead atoms. The molecule has 3 N–H and O–H groups in total. The molecule has 172 valence electrons. The summed E-state index contributed by atoms with van der Waals surface area (Å²) in [6, 6.07) is 7.57. The van der Waals surface area contributed by atoms with E-state index < -0.39 is 0 Å². The van der Waals surface area contributed by atoms with Gasteiger partial charge in [-0.05, 0) is 44.7 Å². The molecule has 3 rings (SSSR count). The largest absolute Gasteiger partial charge is 0.394 e. The van der Waals surface area contributed by atoms with E-state index in [1.165, 1.54) is 0 Å². The molecule has 0 amide bonds. The van der Waals surface area contributed by atoms with E-state index in [0.29, 0.717) is 29.6 Å². The first-order valence-electron chi connectivity index (χ1n) is 11.3. The van der Waals surface area contributed by atoms with Gasteiger partial charge in [0.2, 0.25) is 5.95 Å². The second-order valence-corrected chi connectivity index (χ2v) is 8.73. The summed E-state index contributed by atoms with van der Waals surface area (Å²) >= 11 is 0. The fourth-order valence-corrected chi connectivity index (χ4v) is 3.70. The van der Waals surface area contributed by atoms with Gasteiger partial charge in [-0.25, -0.2) is 0 Å². The number of ketones is 1. The van der Waals surface area contributed by atoms with Gasteiger partial charge < -0.3 is 20.3 Å². The highest BCUT2D eigenvalue weighted by atomic mass is 16.3. The lowest BCUT2D eigenvalue weighted by Crippen LogP contribution is -2.27. The minimum Gasteiger partial charge on any atom is -0.394 e. The van der Waals surface area contributed by atoms with Gasteiger partial charge in [0.05, 0.1) is 24.0 Å². The summed E-state index contributed by atoms with van der Waals surface area (Å²) in [4.78, 5) is 16.6. The molecular weight excluding hydrogens is 404 g/mol. The van der Waals surface area contributed by atoms with Crippen molar-refractivity contribution in [2.24, 2.45) is 0 Å². The maximum atomic E-state index is 11.7. The topological polar surface area (TPSA) is 105 Å². The SMILES string of the molecule is CCC(CO)Nc1nc(NCc2cccc(C(C)=O)c2)c2nnc(C(C)C)c-2n1C(C)C. The summed E-state index contributed by atoms with van der Waals surface area (Å²) in [5.41, 5.74) is 4.23. The van der Waals surface area contributed by atoms with Crippen LogP contribution in [0.1, 0.15) is 81.5 Å². The van der Waals surface area contributed by atoms with Crippen LogP contribution in [0.15, 0.2) is 24.3 Å². The molecule has 2 aliphatic heterocycles. The number of carbonyl (C=O) groups is 1. The smallest absolute Gasteiger partial charge is 0.205 e. The molecule has 0 radical (unpaired) electrons. The molecule has 1 unspecified atom stereocenters. The molecule has 0 aromatic heterocycles. The first kappa shape index (κ1) is 23.7. The second-order valence-electron chi connectivity index (χ2n) is 8.73. The number of aliphatic hydroxyl groups excluding tert-OH is 1. The zero-order valence-corrected chi connectivity index (χ0v) is 19.8. The number of nitrogens with one attached hydrogen (secondary N) is 2. The van der Waals surface area contributed by atoms with Crippen LogP contribution in [0.2, 0.25) is 0 Å². The van der Waals surface area contributed by atoms with Crippen molar-refractivity contribution < 1.29 is 9.90 Å². The first-order chi connectivity index (χ1) is 15.3. The van der Waals surface area contributed by atoms with Crippen LogP contribution < -0.4 is 10.6 Å². The van der Waals surface area contributed by atoms with Crippen LogP contribution in [0.4, 0.5) is 11.8 Å². The third-order valence-corrected chi connectivity index (χ3v) is 5.54. The Kier molecular flexibility index (Phi) is 7.45. The standard InChI is InChI=1S/C24H34N6O2/c1-7-19(13-31)26-24-27-23(25-12-17-9-8-10-18(11-17)16(6)32)21-22(30(24)15(4)5)20(14(2)3)28-29-21/h8-11,14-15,19,25,31H,7,12-13H2,1-6H3,(H,26,27). The van der Waals surface area contributed by atoms with Crippen molar-refractivity contribution >= 4 is 17.5 Å². The van der Waals surface area contributed by atoms with Gasteiger partial charge in [-0.2, -0.15) is 10.1 Å². The summed E-state index contributed by atoms with van der Waals surface area (Å²) in [5.74, 6) is 1.53. The molecule has 0 saturated carbocycles. The molecule has 8 heteroatoms. The molecule has 8 nitrogen and oxygen atoms in total. The highest BCUT2D eigenvalue weighted by molar-refractivity contribution is 5.94. The Labute approximate surface area is 189 Å². The van der Waals surface area contributed by atoms with E-state index in [4.69, 9.17) is 4.98 Å². The molecule has 0 spiro atoms. The van der Waals surface area contributed by atoms with E-state index in [1.807, 2.05) is 31.2 Å². The quantitative estimate of drug-likeness (QED) is 0.401. The van der Waals surface area contributed by atoms with Crippen LogP contribution in [0, 0.1) is 0 Å². The van der Waals surface area contributed by atoms with E-state index in [0.717, 1.165) is 23.4 Å². The molecule has 1 aromatic rings. The Bertz CT molecular complexity index is 1040. The number of rotatable bonds is 10. The third kappa shape index (κ3) is 4.91. The van der Waals surface area contributed by atoms with Gasteiger partial charge in [-0.1, -0.05) is 39.0 Å². The molecule has 32 heavy (non-hydrogen) atoms. The lowest BCUT2D eigenvalue weighted by molar-refractivity contribution is 0.101. The van der Waals surface area contributed by atoms with Crippen LogP contribution in [0.25, 0.3) is 11.4 Å². The number of carbonyl (C=O) groups excluding carboxylic acids is 1. The van der Waals surface area contributed by atoms with Crippen LogP contribution in [-0.4, -0.2) is 43.3 Å². The Morgan fingerprint density at radius 3 is 2.53 bits per heavy atom. The molecule has 2 aliphatic rings. The molecule has 0 aliphatic carbocycles. The van der Waals surface area contributed by atoms with Crippen molar-refractivity contribution in [1.82, 2.24) is 19.7 Å². The Hall–Kier alpha value is -3.00. The van der Waals surface area contributed by atoms with E-state index >= 15 is 0 Å². The molecule has 1 aromatic carbocycles. The number of fused-ring (bicyclic) bond motifs is 1. The van der Waals surface area contributed by atoms with Crippen molar-refractivity contribution in [2.75, 3.05) is 17.2 Å². The van der Waals surface area contributed by atoms with Gasteiger partial charge >= 0.3 is 0 Å². The normalized spacial score (nSPS) is 12.5. The van der Waals surface area contributed by atoms with Crippen LogP contribution in [0.5, 0.6) is 0 Å². The fourth-order valence-electron chi connectivity index (χ4n) is 3.70. The maximum Gasteiger partial charge on any atom is 0.205 e. The number of hydrogen-bond acceptors (Lipinski definition) is 7. The Morgan fingerprint density at radius 1 is 1.19 bits per heavy atom. The predicted octanol–water partition coefficient (Wildman–Crippen LogP) is 4.48. The Morgan fingerprint density at radius 2 is 1.94 bits per heavy atom. The van der Waals surface area contributed by atoms with Crippen LogP contribution >= 0.6 is 0 Å². The Balaban J connectivity index is 2.07. The minimum absolute atomic E-state index is 0.0173. The van der Waals surface area contributed by atoms with Crippen molar-refractivity contribution in [1.29, 1.82) is 0 Å². The minimum atomic E-state index is -0.108. The maximum absolute atomic E-state index is 11.7. The van der Waals surface area contributed by atoms with Gasteiger partial charge in [0.1, 0.15) is 0 Å². The van der Waals surface area contributed by atoms with E-state index in [-0.39, 0.29) is 30.4 Å². The highest BCUT2D eigenvalue weighted by Crippen LogP contribution is 2.37. The average Bonchev–Trinajstić information content (AvgIpc) is 3.20. The van der Waals surface area contributed by atoms with Crippen molar-refractivity contribution in [3.63, 3.8) is 0 Å². The number of anilines is 2. The van der Waals surface area contributed by atoms with Crippen molar-refractivity contribution in [3.8, 4) is 11.4 Å². The second kappa shape index (κ2) is 10.1. The van der Waals surface area contributed by atoms with Crippen LogP contribution in [0.3, 0.4) is 0 Å². The first-order valence-corrected chi connectivity index (χ1v) is 11.3. The summed E-state index contributed by atoms with van der Waals surface area (Å²) in [7, 11) is 0. The molecule has 1 atom stereocenters. The lowest BCUT2D eigenvalue weighted by atomic mass is 10.1. The zero-order chi connectivity index (χ0) is 23.4. The zero-order valence-electron chi connectivity index (χ0n) is 19.8. The van der Waals surface area contributed by atoms with Gasteiger partial charge in [-0.3, -0.25) is 4.79 Å². The molecule has 0 saturated heterocycles. The van der Waals surface area contributed by atoms with E-state index in [1.54, 1.807) is 6.92 Å². The van der Waals surface area contributed by atoms with E-state index in [2.05, 4.69) is 53.1 Å². The van der Waals surface area contributed by atoms with Crippen LogP contribution in [-0.2, 0) is 6.54 Å². The molecule has 0 fully saturated rings. The number of aromatic nitrogens is 4. The van der Waals surface area contributed by atoms with E-state index in [9.17, 15) is 9.90 Å². The number of Topliss-reactive ketones (excluding diaryl/α,β-unsaturated/α-hetero) is 1. The van der Waals surface area contributed by atoms with Crippen molar-refractivity contribution in [3.05, 3.63) is 41.1 Å². The highest BCUT2D eigenvalue weighted by Gasteiger charge is 2.28. The predicted molar refractivity (Wildman–Crippen MR) is 127 cm³/mol. The monoisotopic (exact) mass is 438 g/mol. The third-order valence-electron chi connectivity index (χ3n) is 5.54. The van der Waals surface area contributed by atoms with Crippen molar-refractivity contribution in [2.45, 2.75) is 72.5 Å². The molecule has 2 heterocycles. The van der Waals surface area contributed by atoms with Gasteiger partial charge in [0.15, 0.2) is 17.3 Å². The summed E-state index contributed by atoms with van der Waals surface area (Å²) in [6.45, 7) is 12.5. The summed E-state index contributed by atoms with van der Waals surface area (Å²) in [5, 5.41) is 25.5. The molecular formula is C24H34N6O2. The lowest BCUT2D eigenvalue weighted by Gasteiger charge is -2.26. The number of aliphatic hydroxyl groups is 1. The fraction of sp³-hybridized carbons (Fsp3) is 0.500. The number of hydrogen-bond donors (Lipinski definition) is 3. The number of nitrogens with zero attached hydrogens (tertiary/aromatic N) is 4. The van der Waals surface area contributed by atoms with Gasteiger partial charge in [0.25, 0.3) is 0 Å². The average molecular weight is 439 g/mol. The number of benzene rings is 1. The summed E-state index contributed by atoms with van der Waals surface area (Å²) < 4.78 is 2.12.